The number of carbonyl (C=O) groups is 1. The molecule has 0 radical (unpaired) electrons. The van der Waals surface area contributed by atoms with Crippen molar-refractivity contribution in [3.63, 3.8) is 0 Å². The molecule has 0 aromatic heterocycles. The van der Waals surface area contributed by atoms with Crippen molar-refractivity contribution >= 4 is 18.0 Å². The molecule has 0 heterocycles. The maximum atomic E-state index is 10.5. The van der Waals surface area contributed by atoms with Crippen molar-refractivity contribution in [2.75, 3.05) is 0 Å². The number of primary amides is 1. The van der Waals surface area contributed by atoms with Crippen LogP contribution in [0.5, 0.6) is 11.5 Å². The highest BCUT2D eigenvalue weighted by atomic mass is 32.2. The standard InChI is InChI=1S/C13H12N2O2S/c14-13(16)15-18-12-8-6-11(7-9-12)17-10-4-2-1-3-5-10/h1-9H,(H3,14,15,16). The molecule has 0 atom stereocenters. The fourth-order valence-corrected chi connectivity index (χ4v) is 1.80. The lowest BCUT2D eigenvalue weighted by Crippen LogP contribution is -2.22. The molecular formula is C13H12N2O2S. The quantitative estimate of drug-likeness (QED) is 0.830. The highest BCUT2D eigenvalue weighted by Crippen LogP contribution is 2.23. The van der Waals surface area contributed by atoms with Crippen molar-refractivity contribution in [1.82, 2.24) is 4.72 Å². The van der Waals surface area contributed by atoms with Crippen molar-refractivity contribution in [2.24, 2.45) is 5.73 Å². The van der Waals surface area contributed by atoms with Crippen LogP contribution in [0.2, 0.25) is 0 Å². The normalized spacial score (nSPS) is 9.78. The first-order valence-electron chi connectivity index (χ1n) is 5.29. The molecule has 0 aliphatic rings. The third-order valence-electron chi connectivity index (χ3n) is 2.07. The SMILES string of the molecule is NC(=O)NSc1ccc(Oc2ccccc2)cc1. The molecule has 5 heteroatoms. The summed E-state index contributed by atoms with van der Waals surface area (Å²) in [6.45, 7) is 0. The second-order valence-electron chi connectivity index (χ2n) is 3.45. The van der Waals surface area contributed by atoms with Gasteiger partial charge in [0.05, 0.1) is 0 Å². The molecule has 2 amide bonds. The zero-order chi connectivity index (χ0) is 12.8. The fraction of sp³-hybridized carbons (Fsp3) is 0. The summed E-state index contributed by atoms with van der Waals surface area (Å²) in [7, 11) is 0. The first-order valence-corrected chi connectivity index (χ1v) is 6.11. The van der Waals surface area contributed by atoms with Gasteiger partial charge >= 0.3 is 6.03 Å². The van der Waals surface area contributed by atoms with Gasteiger partial charge in [0, 0.05) is 4.90 Å². The second-order valence-corrected chi connectivity index (χ2v) is 4.33. The van der Waals surface area contributed by atoms with Gasteiger partial charge in [-0.2, -0.15) is 0 Å². The number of amides is 2. The summed E-state index contributed by atoms with van der Waals surface area (Å²) in [6.07, 6.45) is 0. The summed E-state index contributed by atoms with van der Waals surface area (Å²) >= 11 is 1.16. The Labute approximate surface area is 109 Å². The van der Waals surface area contributed by atoms with Gasteiger partial charge < -0.3 is 10.5 Å². The zero-order valence-corrected chi connectivity index (χ0v) is 10.3. The van der Waals surface area contributed by atoms with E-state index in [0.717, 1.165) is 28.3 Å². The van der Waals surface area contributed by atoms with Gasteiger partial charge in [-0.15, -0.1) is 0 Å². The highest BCUT2D eigenvalue weighted by molar-refractivity contribution is 7.98. The minimum atomic E-state index is -0.565. The molecule has 0 aliphatic carbocycles. The molecule has 0 bridgehead atoms. The number of para-hydroxylation sites is 1. The lowest BCUT2D eigenvalue weighted by molar-refractivity contribution is 0.254. The van der Waals surface area contributed by atoms with Crippen molar-refractivity contribution < 1.29 is 9.53 Å². The van der Waals surface area contributed by atoms with Crippen LogP contribution in [0.4, 0.5) is 4.79 Å². The van der Waals surface area contributed by atoms with Gasteiger partial charge in [-0.1, -0.05) is 18.2 Å². The van der Waals surface area contributed by atoms with Crippen LogP contribution >= 0.6 is 11.9 Å². The number of benzene rings is 2. The molecule has 3 N–H and O–H groups in total. The van der Waals surface area contributed by atoms with Crippen LogP contribution in [0, 0.1) is 0 Å². The average molecular weight is 260 g/mol. The van der Waals surface area contributed by atoms with E-state index in [-0.39, 0.29) is 0 Å². The Morgan fingerprint density at radius 2 is 1.61 bits per heavy atom. The second kappa shape index (κ2) is 5.97. The number of urea groups is 1. The summed E-state index contributed by atoms with van der Waals surface area (Å²) in [6, 6.07) is 16.3. The van der Waals surface area contributed by atoms with Gasteiger partial charge in [0.1, 0.15) is 11.5 Å². The molecule has 0 unspecified atom stereocenters. The van der Waals surface area contributed by atoms with Crippen molar-refractivity contribution in [1.29, 1.82) is 0 Å². The molecule has 0 saturated heterocycles. The number of rotatable bonds is 4. The van der Waals surface area contributed by atoms with E-state index in [1.54, 1.807) is 0 Å². The minimum absolute atomic E-state index is 0.565. The molecule has 92 valence electrons. The summed E-state index contributed by atoms with van der Waals surface area (Å²) in [5.74, 6) is 1.53. The molecule has 4 nitrogen and oxygen atoms in total. The molecule has 0 saturated carbocycles. The topological polar surface area (TPSA) is 64.4 Å². The minimum Gasteiger partial charge on any atom is -0.457 e. The molecule has 18 heavy (non-hydrogen) atoms. The summed E-state index contributed by atoms with van der Waals surface area (Å²) in [5, 5.41) is 0. The molecule has 2 rings (SSSR count). The molecule has 2 aromatic carbocycles. The van der Waals surface area contributed by atoms with Gasteiger partial charge in [-0.05, 0) is 48.3 Å². The summed E-state index contributed by atoms with van der Waals surface area (Å²) < 4.78 is 8.08. The highest BCUT2D eigenvalue weighted by Gasteiger charge is 1.99. The van der Waals surface area contributed by atoms with Gasteiger partial charge in [-0.25, -0.2) is 4.79 Å². The van der Waals surface area contributed by atoms with Crippen LogP contribution in [0.25, 0.3) is 0 Å². The smallest absolute Gasteiger partial charge is 0.322 e. The Bertz CT molecular complexity index is 514. The maximum Gasteiger partial charge on any atom is 0.322 e. The van der Waals surface area contributed by atoms with Gasteiger partial charge in [0.2, 0.25) is 0 Å². The largest absolute Gasteiger partial charge is 0.457 e. The zero-order valence-electron chi connectivity index (χ0n) is 9.50. The van der Waals surface area contributed by atoms with E-state index in [0.29, 0.717) is 0 Å². The Balaban J connectivity index is 1.97. The van der Waals surface area contributed by atoms with E-state index in [4.69, 9.17) is 10.5 Å². The summed E-state index contributed by atoms with van der Waals surface area (Å²) in [5.41, 5.74) is 4.98. The summed E-state index contributed by atoms with van der Waals surface area (Å²) in [4.78, 5) is 11.4. The Morgan fingerprint density at radius 3 is 2.22 bits per heavy atom. The van der Waals surface area contributed by atoms with Crippen LogP contribution in [-0.4, -0.2) is 6.03 Å². The fourth-order valence-electron chi connectivity index (χ4n) is 1.31. The van der Waals surface area contributed by atoms with E-state index < -0.39 is 6.03 Å². The Hall–Kier alpha value is -2.14. The molecule has 0 aliphatic heterocycles. The first-order chi connectivity index (χ1) is 8.74. The van der Waals surface area contributed by atoms with Crippen LogP contribution in [0.3, 0.4) is 0 Å². The van der Waals surface area contributed by atoms with Crippen LogP contribution in [0.1, 0.15) is 0 Å². The van der Waals surface area contributed by atoms with Crippen molar-refractivity contribution in [3.05, 3.63) is 54.6 Å². The molecular weight excluding hydrogens is 248 g/mol. The van der Waals surface area contributed by atoms with E-state index >= 15 is 0 Å². The van der Waals surface area contributed by atoms with Gasteiger partial charge in [0.15, 0.2) is 0 Å². The van der Waals surface area contributed by atoms with Gasteiger partial charge in [0.25, 0.3) is 0 Å². The van der Waals surface area contributed by atoms with E-state index in [9.17, 15) is 4.79 Å². The monoisotopic (exact) mass is 260 g/mol. The Kier molecular flexibility index (Phi) is 4.09. The van der Waals surface area contributed by atoms with E-state index in [1.165, 1.54) is 0 Å². The van der Waals surface area contributed by atoms with Crippen LogP contribution in [-0.2, 0) is 0 Å². The predicted octanol–water partition coefficient (Wildman–Crippen LogP) is 3.15. The third kappa shape index (κ3) is 3.71. The van der Waals surface area contributed by atoms with Crippen molar-refractivity contribution in [3.8, 4) is 11.5 Å². The number of ether oxygens (including phenoxy) is 1. The maximum absolute atomic E-state index is 10.5. The van der Waals surface area contributed by atoms with Crippen LogP contribution < -0.4 is 15.2 Å². The Morgan fingerprint density at radius 1 is 1.00 bits per heavy atom. The lowest BCUT2D eigenvalue weighted by Gasteiger charge is -2.06. The number of nitrogens with one attached hydrogen (secondary N) is 1. The number of carbonyl (C=O) groups excluding carboxylic acids is 1. The van der Waals surface area contributed by atoms with Gasteiger partial charge in [-0.3, -0.25) is 4.72 Å². The van der Waals surface area contributed by atoms with Crippen molar-refractivity contribution in [2.45, 2.75) is 4.90 Å². The number of nitrogens with two attached hydrogens (primary N) is 1. The molecule has 0 fully saturated rings. The number of hydrogen-bond donors (Lipinski definition) is 2. The van der Waals surface area contributed by atoms with Crippen LogP contribution in [0.15, 0.2) is 59.5 Å². The number of hydrogen-bond acceptors (Lipinski definition) is 3. The third-order valence-corrected chi connectivity index (χ3v) is 2.88. The molecule has 2 aromatic rings. The van der Waals surface area contributed by atoms with E-state index in [1.807, 2.05) is 54.6 Å². The predicted molar refractivity (Wildman–Crippen MR) is 71.5 cm³/mol. The lowest BCUT2D eigenvalue weighted by atomic mass is 10.3. The first kappa shape index (κ1) is 12.3. The average Bonchev–Trinajstić information content (AvgIpc) is 2.39. The molecule has 0 spiro atoms. The van der Waals surface area contributed by atoms with E-state index in [2.05, 4.69) is 4.72 Å².